The predicted octanol–water partition coefficient (Wildman–Crippen LogP) is 2.98. The van der Waals surface area contributed by atoms with E-state index < -0.39 is 0 Å². The van der Waals surface area contributed by atoms with Crippen LogP contribution in [0.15, 0.2) is 24.3 Å². The van der Waals surface area contributed by atoms with Gasteiger partial charge in [0, 0.05) is 36.7 Å². The Morgan fingerprint density at radius 2 is 1.93 bits per heavy atom. The third kappa shape index (κ3) is 4.85. The lowest BCUT2D eigenvalue weighted by Crippen LogP contribution is -2.58. The Hall–Kier alpha value is -1.83. The smallest absolute Gasteiger partial charge is 0.226 e. The molecule has 7 nitrogen and oxygen atoms in total. The molecule has 2 fully saturated rings. The van der Waals surface area contributed by atoms with E-state index in [9.17, 15) is 0 Å². The maximum Gasteiger partial charge on any atom is 0.226 e. The van der Waals surface area contributed by atoms with Crippen LogP contribution in [0, 0.1) is 5.92 Å². The molecule has 0 saturated carbocycles. The van der Waals surface area contributed by atoms with Crippen molar-refractivity contribution in [1.29, 1.82) is 0 Å². The number of hydrogen-bond acceptors (Lipinski definition) is 6. The highest BCUT2D eigenvalue weighted by atomic mass is 35.5. The van der Waals surface area contributed by atoms with Crippen molar-refractivity contribution in [3.8, 4) is 0 Å². The summed E-state index contributed by atoms with van der Waals surface area (Å²) >= 11 is 6.06. The average molecular weight is 419 g/mol. The number of nitrogens with one attached hydrogen (secondary N) is 1. The first-order valence-corrected chi connectivity index (χ1v) is 10.9. The van der Waals surface area contributed by atoms with E-state index in [1.165, 1.54) is 5.56 Å². The summed E-state index contributed by atoms with van der Waals surface area (Å²) < 4.78 is 6.25. The lowest BCUT2D eigenvalue weighted by Gasteiger charge is -2.47. The van der Waals surface area contributed by atoms with Crippen LogP contribution in [-0.4, -0.2) is 64.5 Å². The second-order valence-corrected chi connectivity index (χ2v) is 8.99. The van der Waals surface area contributed by atoms with Gasteiger partial charge in [-0.3, -0.25) is 9.88 Å². The van der Waals surface area contributed by atoms with E-state index in [1.54, 1.807) is 0 Å². The minimum absolute atomic E-state index is 0.295. The Bertz CT molecular complexity index is 787. The molecule has 1 unspecified atom stereocenters. The van der Waals surface area contributed by atoms with Crippen LogP contribution in [0.1, 0.15) is 32.3 Å². The molecule has 2 aromatic rings. The summed E-state index contributed by atoms with van der Waals surface area (Å²) in [7, 11) is 0. The fourth-order valence-electron chi connectivity index (χ4n) is 4.48. The maximum atomic E-state index is 6.25. The highest BCUT2D eigenvalue weighted by Crippen LogP contribution is 2.28. The molecule has 0 aliphatic carbocycles. The molecule has 1 aromatic carbocycles. The van der Waals surface area contributed by atoms with Crippen LogP contribution in [0.5, 0.6) is 0 Å². The van der Waals surface area contributed by atoms with E-state index >= 15 is 0 Å². The van der Waals surface area contributed by atoms with Crippen molar-refractivity contribution in [3.63, 3.8) is 0 Å². The summed E-state index contributed by atoms with van der Waals surface area (Å²) in [5.41, 5.74) is 7.00. The number of hydrogen-bond donors (Lipinski definition) is 2. The Labute approximate surface area is 177 Å². The highest BCUT2D eigenvalue weighted by molar-refractivity contribution is 6.30. The van der Waals surface area contributed by atoms with Gasteiger partial charge < -0.3 is 15.4 Å². The fourth-order valence-corrected chi connectivity index (χ4v) is 4.60. The molecule has 158 valence electrons. The minimum Gasteiger partial charge on any atom is -0.375 e. The van der Waals surface area contributed by atoms with Gasteiger partial charge in [0.25, 0.3) is 0 Å². The zero-order valence-electron chi connectivity index (χ0n) is 17.2. The first kappa shape index (κ1) is 20.4. The predicted molar refractivity (Wildman–Crippen MR) is 116 cm³/mol. The number of benzene rings is 1. The quantitative estimate of drug-likeness (QED) is 0.776. The molecule has 2 atom stereocenters. The van der Waals surface area contributed by atoms with Gasteiger partial charge in [-0.05, 0) is 42.9 Å². The number of aromatic amines is 1. The van der Waals surface area contributed by atoms with Gasteiger partial charge in [0.2, 0.25) is 11.9 Å². The molecular formula is C21H31ClN6O. The molecule has 2 aliphatic heterocycles. The number of H-pyrrole nitrogens is 1. The highest BCUT2D eigenvalue weighted by Gasteiger charge is 2.36. The molecule has 8 heteroatoms. The number of piperidine rings is 1. The monoisotopic (exact) mass is 418 g/mol. The summed E-state index contributed by atoms with van der Waals surface area (Å²) in [6.45, 7) is 8.19. The Morgan fingerprint density at radius 1 is 1.21 bits per heavy atom. The van der Waals surface area contributed by atoms with Gasteiger partial charge in [-0.1, -0.05) is 37.6 Å². The average Bonchev–Trinajstić information content (AvgIpc) is 3.16. The van der Waals surface area contributed by atoms with Crippen molar-refractivity contribution in [2.75, 3.05) is 36.9 Å². The van der Waals surface area contributed by atoms with Crippen LogP contribution in [0.25, 0.3) is 0 Å². The van der Waals surface area contributed by atoms with Crippen LogP contribution in [0.2, 0.25) is 5.02 Å². The minimum atomic E-state index is 0.295. The van der Waals surface area contributed by atoms with Crippen molar-refractivity contribution in [1.82, 2.24) is 20.1 Å². The maximum absolute atomic E-state index is 6.25. The van der Waals surface area contributed by atoms with Crippen molar-refractivity contribution in [2.45, 2.75) is 51.3 Å². The van der Waals surface area contributed by atoms with E-state index in [1.807, 2.05) is 12.1 Å². The van der Waals surface area contributed by atoms with Crippen LogP contribution in [0.3, 0.4) is 0 Å². The molecule has 4 rings (SSSR count). The Morgan fingerprint density at radius 3 is 2.55 bits per heavy atom. The lowest BCUT2D eigenvalue weighted by atomic mass is 9.94. The van der Waals surface area contributed by atoms with Gasteiger partial charge >= 0.3 is 0 Å². The number of anilines is 2. The van der Waals surface area contributed by atoms with E-state index in [4.69, 9.17) is 22.1 Å². The van der Waals surface area contributed by atoms with E-state index in [0.29, 0.717) is 30.1 Å². The van der Waals surface area contributed by atoms with E-state index in [-0.39, 0.29) is 0 Å². The van der Waals surface area contributed by atoms with Gasteiger partial charge in [0.15, 0.2) is 0 Å². The number of rotatable bonds is 5. The number of nitrogen functional groups attached to an aromatic ring is 1. The zero-order valence-corrected chi connectivity index (χ0v) is 18.0. The molecule has 1 aromatic heterocycles. The number of nitrogens with zero attached hydrogens (tertiary/aromatic N) is 4. The van der Waals surface area contributed by atoms with E-state index in [2.05, 4.69) is 51.0 Å². The third-order valence-electron chi connectivity index (χ3n) is 6.22. The van der Waals surface area contributed by atoms with Crippen LogP contribution in [-0.2, 0) is 11.2 Å². The SMILES string of the molecule is CC(C)C1CN(C2CCN(c3nnc(N)[nH]3)CC2)[C@@H](Cc2ccc(Cl)cc2)CO1. The van der Waals surface area contributed by atoms with Crippen molar-refractivity contribution < 1.29 is 4.74 Å². The molecule has 3 N–H and O–H groups in total. The standard InChI is InChI=1S/C21H31ClN6O/c1-14(2)19-12-28(18(13-29-19)11-15-3-5-16(22)6-4-15)17-7-9-27(10-8-17)21-24-20(23)25-26-21/h3-6,14,17-19H,7-13H2,1-2H3,(H3,23,24,25,26)/t18-,19?/m0/s1. The van der Waals surface area contributed by atoms with Gasteiger partial charge in [0.05, 0.1) is 12.7 Å². The molecule has 0 radical (unpaired) electrons. The van der Waals surface area contributed by atoms with Gasteiger partial charge in [-0.2, -0.15) is 0 Å². The second-order valence-electron chi connectivity index (χ2n) is 8.55. The summed E-state index contributed by atoms with van der Waals surface area (Å²) in [4.78, 5) is 7.99. The van der Waals surface area contributed by atoms with Crippen molar-refractivity contribution in [2.24, 2.45) is 5.92 Å². The second kappa shape index (κ2) is 8.90. The number of ether oxygens (including phenoxy) is 1. The summed E-state index contributed by atoms with van der Waals surface area (Å²) in [5.74, 6) is 1.67. The molecule has 2 aliphatic rings. The topological polar surface area (TPSA) is 83.3 Å². The third-order valence-corrected chi connectivity index (χ3v) is 6.47. The fraction of sp³-hybridized carbons (Fsp3) is 0.619. The van der Waals surface area contributed by atoms with E-state index in [0.717, 1.165) is 56.5 Å². The first-order valence-electron chi connectivity index (χ1n) is 10.5. The summed E-state index contributed by atoms with van der Waals surface area (Å²) in [6.07, 6.45) is 3.48. The van der Waals surface area contributed by atoms with Crippen LogP contribution >= 0.6 is 11.6 Å². The van der Waals surface area contributed by atoms with Gasteiger partial charge in [-0.25, -0.2) is 0 Å². The number of aromatic nitrogens is 3. The molecule has 3 heterocycles. The van der Waals surface area contributed by atoms with Crippen molar-refractivity contribution in [3.05, 3.63) is 34.9 Å². The molecule has 0 amide bonds. The molecule has 0 spiro atoms. The zero-order chi connectivity index (χ0) is 20.4. The summed E-state index contributed by atoms with van der Waals surface area (Å²) in [5, 5.41) is 8.81. The molecular weight excluding hydrogens is 388 g/mol. The Balaban J connectivity index is 1.44. The number of nitrogens with two attached hydrogens (primary N) is 1. The largest absolute Gasteiger partial charge is 0.375 e. The molecule has 2 saturated heterocycles. The lowest BCUT2D eigenvalue weighted by molar-refractivity contribution is -0.0980. The van der Waals surface area contributed by atoms with Crippen LogP contribution in [0.4, 0.5) is 11.9 Å². The molecule has 29 heavy (non-hydrogen) atoms. The van der Waals surface area contributed by atoms with Crippen molar-refractivity contribution >= 4 is 23.5 Å². The Kier molecular flexibility index (Phi) is 6.27. The summed E-state index contributed by atoms with van der Waals surface area (Å²) in [6, 6.07) is 9.16. The molecule has 0 bridgehead atoms. The normalized spacial score (nSPS) is 24.3. The first-order chi connectivity index (χ1) is 14.0. The number of morpholine rings is 1. The van der Waals surface area contributed by atoms with Gasteiger partial charge in [0.1, 0.15) is 0 Å². The number of halogens is 1. The van der Waals surface area contributed by atoms with Crippen LogP contribution < -0.4 is 10.6 Å². The van der Waals surface area contributed by atoms with Gasteiger partial charge in [-0.15, -0.1) is 10.2 Å².